The van der Waals surface area contributed by atoms with Gasteiger partial charge in [0.2, 0.25) is 5.91 Å². The van der Waals surface area contributed by atoms with Crippen LogP contribution in [0.1, 0.15) is 29.8 Å². The Morgan fingerprint density at radius 2 is 1.85 bits per heavy atom. The van der Waals surface area contributed by atoms with E-state index in [0.29, 0.717) is 23.8 Å². The number of aryl methyl sites for hydroxylation is 1. The molecule has 1 fully saturated rings. The predicted octanol–water partition coefficient (Wildman–Crippen LogP) is 3.35. The number of anilines is 2. The van der Waals surface area contributed by atoms with Gasteiger partial charge in [-0.25, -0.2) is 0 Å². The van der Waals surface area contributed by atoms with Gasteiger partial charge in [-0.05, 0) is 45.0 Å². The van der Waals surface area contributed by atoms with Gasteiger partial charge in [-0.2, -0.15) is 0 Å². The Labute approximate surface area is 161 Å². The molecule has 5 heteroatoms. The summed E-state index contributed by atoms with van der Waals surface area (Å²) in [4.78, 5) is 28.5. The molecular formula is C22H27N3O2. The molecule has 1 unspecified atom stereocenters. The third-order valence-electron chi connectivity index (χ3n) is 5.00. The average Bonchev–Trinajstić information content (AvgIpc) is 2.63. The molecule has 142 valence electrons. The fraction of sp³-hybridized carbons (Fsp3) is 0.364. The van der Waals surface area contributed by atoms with Crippen molar-refractivity contribution in [3.8, 4) is 0 Å². The van der Waals surface area contributed by atoms with Crippen molar-refractivity contribution < 1.29 is 9.59 Å². The van der Waals surface area contributed by atoms with Crippen molar-refractivity contribution in [3.05, 3.63) is 59.7 Å². The zero-order valence-corrected chi connectivity index (χ0v) is 16.2. The maximum atomic E-state index is 12.4. The van der Waals surface area contributed by atoms with Crippen molar-refractivity contribution in [1.82, 2.24) is 4.90 Å². The fourth-order valence-electron chi connectivity index (χ4n) is 3.52. The molecule has 0 radical (unpaired) electrons. The topological polar surface area (TPSA) is 52.7 Å². The minimum Gasteiger partial charge on any atom is -0.366 e. The van der Waals surface area contributed by atoms with Gasteiger partial charge in [-0.3, -0.25) is 14.5 Å². The summed E-state index contributed by atoms with van der Waals surface area (Å²) in [5, 5.41) is 2.90. The number of hydrogen-bond acceptors (Lipinski definition) is 4. The van der Waals surface area contributed by atoms with E-state index in [-0.39, 0.29) is 11.7 Å². The van der Waals surface area contributed by atoms with Gasteiger partial charge in [0.1, 0.15) is 0 Å². The van der Waals surface area contributed by atoms with Crippen LogP contribution in [0.3, 0.4) is 0 Å². The van der Waals surface area contributed by atoms with Gasteiger partial charge in [-0.1, -0.05) is 29.8 Å². The first-order valence-electron chi connectivity index (χ1n) is 9.39. The van der Waals surface area contributed by atoms with E-state index in [1.807, 2.05) is 6.07 Å². The number of nitrogens with zero attached hydrogens (tertiary/aromatic N) is 2. The zero-order valence-electron chi connectivity index (χ0n) is 16.2. The third kappa shape index (κ3) is 4.95. The predicted molar refractivity (Wildman–Crippen MR) is 110 cm³/mol. The summed E-state index contributed by atoms with van der Waals surface area (Å²) in [5.41, 5.74) is 3.76. The maximum Gasteiger partial charge on any atom is 0.238 e. The summed E-state index contributed by atoms with van der Waals surface area (Å²) in [6.45, 7) is 8.76. The Balaban J connectivity index is 1.55. The number of carbonyl (C=O) groups is 2. The molecule has 3 rings (SSSR count). The molecule has 27 heavy (non-hydrogen) atoms. The second-order valence-electron chi connectivity index (χ2n) is 7.30. The zero-order chi connectivity index (χ0) is 19.4. The SMILES string of the molecule is CC(=O)c1cccc(NC(=O)CN2CCN(c3ccc(C)cc3)C(C)C2)c1. The van der Waals surface area contributed by atoms with Crippen LogP contribution in [0.25, 0.3) is 0 Å². The van der Waals surface area contributed by atoms with E-state index in [1.165, 1.54) is 18.2 Å². The fourth-order valence-corrected chi connectivity index (χ4v) is 3.52. The van der Waals surface area contributed by atoms with Gasteiger partial charge < -0.3 is 10.2 Å². The van der Waals surface area contributed by atoms with Crippen LogP contribution < -0.4 is 10.2 Å². The maximum absolute atomic E-state index is 12.4. The number of ketones is 1. The molecule has 2 aromatic rings. The Kier molecular flexibility index (Phi) is 5.91. The van der Waals surface area contributed by atoms with Crippen molar-refractivity contribution in [3.63, 3.8) is 0 Å². The molecule has 1 N–H and O–H groups in total. The Bertz CT molecular complexity index is 817. The highest BCUT2D eigenvalue weighted by Gasteiger charge is 2.25. The lowest BCUT2D eigenvalue weighted by Crippen LogP contribution is -2.53. The van der Waals surface area contributed by atoms with Crippen LogP contribution >= 0.6 is 0 Å². The summed E-state index contributed by atoms with van der Waals surface area (Å²) >= 11 is 0. The highest BCUT2D eigenvalue weighted by Crippen LogP contribution is 2.21. The van der Waals surface area contributed by atoms with E-state index in [9.17, 15) is 9.59 Å². The van der Waals surface area contributed by atoms with Gasteiger partial charge in [0.15, 0.2) is 5.78 Å². The number of nitrogens with one attached hydrogen (secondary N) is 1. The molecule has 1 saturated heterocycles. The number of hydrogen-bond donors (Lipinski definition) is 1. The van der Waals surface area contributed by atoms with Crippen LogP contribution in [0.4, 0.5) is 11.4 Å². The number of amides is 1. The lowest BCUT2D eigenvalue weighted by atomic mass is 10.1. The minimum atomic E-state index is -0.0494. The molecule has 0 spiro atoms. The molecule has 1 aliphatic rings. The van der Waals surface area contributed by atoms with Crippen molar-refractivity contribution in [1.29, 1.82) is 0 Å². The lowest BCUT2D eigenvalue weighted by Gasteiger charge is -2.41. The molecule has 0 aliphatic carbocycles. The molecule has 0 aromatic heterocycles. The van der Waals surface area contributed by atoms with Crippen LogP contribution in [0.2, 0.25) is 0 Å². The van der Waals surface area contributed by atoms with Crippen LogP contribution in [-0.2, 0) is 4.79 Å². The Morgan fingerprint density at radius 3 is 2.52 bits per heavy atom. The minimum absolute atomic E-state index is 0.00727. The summed E-state index contributed by atoms with van der Waals surface area (Å²) in [7, 11) is 0. The van der Waals surface area contributed by atoms with E-state index in [2.05, 4.69) is 53.2 Å². The molecular weight excluding hydrogens is 338 g/mol. The first-order chi connectivity index (χ1) is 12.9. The summed E-state index contributed by atoms with van der Waals surface area (Å²) < 4.78 is 0. The van der Waals surface area contributed by atoms with Gasteiger partial charge in [0.05, 0.1) is 6.54 Å². The van der Waals surface area contributed by atoms with Crippen LogP contribution in [-0.4, -0.2) is 48.8 Å². The standard InChI is InChI=1S/C22H27N3O2/c1-16-7-9-21(10-8-16)25-12-11-24(14-17(25)2)15-22(27)23-20-6-4-5-19(13-20)18(3)26/h4-10,13,17H,11-12,14-15H2,1-3H3,(H,23,27). The van der Waals surface area contributed by atoms with Crippen LogP contribution in [0.5, 0.6) is 0 Å². The number of rotatable bonds is 5. The van der Waals surface area contributed by atoms with E-state index >= 15 is 0 Å². The first kappa shape index (κ1) is 19.1. The largest absolute Gasteiger partial charge is 0.366 e. The van der Waals surface area contributed by atoms with Gasteiger partial charge >= 0.3 is 0 Å². The summed E-state index contributed by atoms with van der Waals surface area (Å²) in [5.74, 6) is -0.0566. The third-order valence-corrected chi connectivity index (χ3v) is 5.00. The number of piperazine rings is 1. The van der Waals surface area contributed by atoms with E-state index in [4.69, 9.17) is 0 Å². The Morgan fingerprint density at radius 1 is 1.11 bits per heavy atom. The normalized spacial score (nSPS) is 17.6. The average molecular weight is 365 g/mol. The molecule has 0 bridgehead atoms. The van der Waals surface area contributed by atoms with E-state index < -0.39 is 0 Å². The highest BCUT2D eigenvalue weighted by atomic mass is 16.2. The smallest absolute Gasteiger partial charge is 0.238 e. The van der Waals surface area contributed by atoms with E-state index in [1.54, 1.807) is 18.2 Å². The van der Waals surface area contributed by atoms with Crippen molar-refractivity contribution in [2.75, 3.05) is 36.4 Å². The molecule has 1 atom stereocenters. The second-order valence-corrected chi connectivity index (χ2v) is 7.30. The number of Topliss-reactive ketones (excluding diaryl/α,β-unsaturated/α-hetero) is 1. The van der Waals surface area contributed by atoms with Crippen molar-refractivity contribution in [2.45, 2.75) is 26.8 Å². The highest BCUT2D eigenvalue weighted by molar-refractivity contribution is 5.97. The Hall–Kier alpha value is -2.66. The van der Waals surface area contributed by atoms with E-state index in [0.717, 1.165) is 19.6 Å². The second kappa shape index (κ2) is 8.35. The number of benzene rings is 2. The molecule has 1 aliphatic heterocycles. The molecule has 0 saturated carbocycles. The van der Waals surface area contributed by atoms with Gasteiger partial charge in [0.25, 0.3) is 0 Å². The molecule has 2 aromatic carbocycles. The van der Waals surface area contributed by atoms with Crippen LogP contribution in [0.15, 0.2) is 48.5 Å². The first-order valence-corrected chi connectivity index (χ1v) is 9.39. The van der Waals surface area contributed by atoms with Gasteiger partial charge in [-0.15, -0.1) is 0 Å². The summed E-state index contributed by atoms with van der Waals surface area (Å²) in [6.07, 6.45) is 0. The van der Waals surface area contributed by atoms with Crippen molar-refractivity contribution >= 4 is 23.1 Å². The van der Waals surface area contributed by atoms with Crippen LogP contribution in [0, 0.1) is 6.92 Å². The van der Waals surface area contributed by atoms with Crippen molar-refractivity contribution in [2.24, 2.45) is 0 Å². The molecule has 5 nitrogen and oxygen atoms in total. The summed E-state index contributed by atoms with van der Waals surface area (Å²) in [6, 6.07) is 16.0. The monoisotopic (exact) mass is 365 g/mol. The molecule has 1 heterocycles. The van der Waals surface area contributed by atoms with Gasteiger partial charge in [0, 0.05) is 42.6 Å². The number of carbonyl (C=O) groups excluding carboxylic acids is 2. The molecule has 1 amide bonds. The quantitative estimate of drug-likeness (QED) is 0.826. The lowest BCUT2D eigenvalue weighted by molar-refractivity contribution is -0.117.